The van der Waals surface area contributed by atoms with Crippen LogP contribution in [-0.4, -0.2) is 46.8 Å². The maximum absolute atomic E-state index is 12.3. The zero-order chi connectivity index (χ0) is 18.5. The molecular weight excluding hydrogens is 362 g/mol. The number of piperidine rings is 1. The molecule has 7 heteroatoms. The van der Waals surface area contributed by atoms with Crippen molar-refractivity contribution in [3.8, 4) is 11.1 Å². The van der Waals surface area contributed by atoms with Gasteiger partial charge in [0.25, 0.3) is 0 Å². The quantitative estimate of drug-likeness (QED) is 0.790. The van der Waals surface area contributed by atoms with Gasteiger partial charge in [-0.1, -0.05) is 23.8 Å². The molecule has 1 aliphatic rings. The maximum atomic E-state index is 12.3. The minimum absolute atomic E-state index is 0. The lowest BCUT2D eigenvalue weighted by Crippen LogP contribution is -2.43. The number of benzene rings is 1. The molecular formula is C20H30ClN5O. The molecule has 0 bridgehead atoms. The van der Waals surface area contributed by atoms with E-state index < -0.39 is 0 Å². The van der Waals surface area contributed by atoms with Crippen LogP contribution in [0.3, 0.4) is 0 Å². The molecule has 1 amide bonds. The molecule has 6 nitrogen and oxygen atoms in total. The molecule has 2 aromatic rings. The second-order valence-electron chi connectivity index (χ2n) is 7.22. The molecule has 148 valence electrons. The number of aromatic nitrogens is 2. The van der Waals surface area contributed by atoms with Gasteiger partial charge in [0.1, 0.15) is 0 Å². The summed E-state index contributed by atoms with van der Waals surface area (Å²) in [7, 11) is 1.94. The Hall–Kier alpha value is -1.89. The van der Waals surface area contributed by atoms with E-state index >= 15 is 0 Å². The van der Waals surface area contributed by atoms with Gasteiger partial charge in [0, 0.05) is 45.0 Å². The van der Waals surface area contributed by atoms with Crippen molar-refractivity contribution in [2.24, 2.45) is 18.7 Å². The molecule has 1 saturated heterocycles. The zero-order valence-corrected chi connectivity index (χ0v) is 17.0. The van der Waals surface area contributed by atoms with Crippen LogP contribution in [0.15, 0.2) is 30.6 Å². The van der Waals surface area contributed by atoms with Gasteiger partial charge in [0.15, 0.2) is 0 Å². The molecule has 1 fully saturated rings. The molecule has 27 heavy (non-hydrogen) atoms. The monoisotopic (exact) mass is 391 g/mol. The smallest absolute Gasteiger partial charge is 0.224 e. The highest BCUT2D eigenvalue weighted by molar-refractivity contribution is 5.85. The summed E-state index contributed by atoms with van der Waals surface area (Å²) in [6.45, 7) is 5.84. The van der Waals surface area contributed by atoms with E-state index in [1.165, 1.54) is 16.7 Å². The molecule has 0 saturated carbocycles. The van der Waals surface area contributed by atoms with E-state index in [2.05, 4.69) is 46.6 Å². The van der Waals surface area contributed by atoms with E-state index in [1.54, 1.807) is 0 Å². The highest BCUT2D eigenvalue weighted by Gasteiger charge is 2.26. The van der Waals surface area contributed by atoms with Crippen molar-refractivity contribution in [2.75, 3.05) is 26.2 Å². The Labute approximate surface area is 167 Å². The normalized spacial score (nSPS) is 17.4. The maximum Gasteiger partial charge on any atom is 0.224 e. The van der Waals surface area contributed by atoms with E-state index in [-0.39, 0.29) is 24.2 Å². The van der Waals surface area contributed by atoms with Crippen molar-refractivity contribution in [1.29, 1.82) is 0 Å². The van der Waals surface area contributed by atoms with Crippen molar-refractivity contribution >= 4 is 18.3 Å². The molecule has 0 aliphatic carbocycles. The molecule has 1 aliphatic heterocycles. The summed E-state index contributed by atoms with van der Waals surface area (Å²) in [4.78, 5) is 14.7. The summed E-state index contributed by atoms with van der Waals surface area (Å²) in [6.07, 6.45) is 5.97. The first-order valence-electron chi connectivity index (χ1n) is 9.35. The van der Waals surface area contributed by atoms with Crippen molar-refractivity contribution in [2.45, 2.75) is 26.3 Å². The fourth-order valence-electron chi connectivity index (χ4n) is 3.65. The standard InChI is InChI=1S/C20H29N5O.ClH/c1-15-5-6-16(19(10-15)18-11-23-24(2)12-18)13-25-9-3-4-17(14-25)20(26)22-8-7-21;/h5-6,10-12,17H,3-4,7-9,13-14,21H2,1-2H3,(H,22,26);1H. The number of aryl methyl sites for hydroxylation is 2. The van der Waals surface area contributed by atoms with Gasteiger partial charge < -0.3 is 11.1 Å². The third-order valence-corrected chi connectivity index (χ3v) is 5.00. The number of likely N-dealkylation sites (tertiary alicyclic amines) is 1. The lowest BCUT2D eigenvalue weighted by atomic mass is 9.95. The predicted molar refractivity (Wildman–Crippen MR) is 111 cm³/mol. The Kier molecular flexibility index (Phi) is 7.83. The van der Waals surface area contributed by atoms with Crippen LogP contribution in [0.5, 0.6) is 0 Å². The lowest BCUT2D eigenvalue weighted by Gasteiger charge is -2.32. The predicted octanol–water partition coefficient (Wildman–Crippen LogP) is 2.10. The second kappa shape index (κ2) is 9.88. The summed E-state index contributed by atoms with van der Waals surface area (Å²) in [5, 5.41) is 7.25. The summed E-state index contributed by atoms with van der Waals surface area (Å²) < 4.78 is 1.83. The minimum Gasteiger partial charge on any atom is -0.355 e. The third kappa shape index (κ3) is 5.54. The van der Waals surface area contributed by atoms with E-state index in [0.29, 0.717) is 13.1 Å². The number of rotatable bonds is 6. The molecule has 1 aromatic carbocycles. The molecule has 0 radical (unpaired) electrons. The molecule has 1 aromatic heterocycles. The Balaban J connectivity index is 0.00000261. The van der Waals surface area contributed by atoms with Crippen LogP contribution in [0.1, 0.15) is 24.0 Å². The van der Waals surface area contributed by atoms with Crippen LogP contribution >= 0.6 is 12.4 Å². The summed E-state index contributed by atoms with van der Waals surface area (Å²) in [5.74, 6) is 0.194. The van der Waals surface area contributed by atoms with Gasteiger partial charge in [-0.2, -0.15) is 5.10 Å². The van der Waals surface area contributed by atoms with E-state index in [1.807, 2.05) is 17.9 Å². The average Bonchev–Trinajstić information content (AvgIpc) is 3.07. The van der Waals surface area contributed by atoms with Crippen LogP contribution < -0.4 is 11.1 Å². The first-order valence-corrected chi connectivity index (χ1v) is 9.35. The zero-order valence-electron chi connectivity index (χ0n) is 16.1. The SMILES string of the molecule is Cc1ccc(CN2CCCC(C(=O)NCCN)C2)c(-c2cnn(C)c2)c1.Cl. The molecule has 3 rings (SSSR count). The average molecular weight is 392 g/mol. The van der Waals surface area contributed by atoms with Gasteiger partial charge in [-0.05, 0) is 37.4 Å². The Bertz CT molecular complexity index is 761. The lowest BCUT2D eigenvalue weighted by molar-refractivity contribution is -0.126. The summed E-state index contributed by atoms with van der Waals surface area (Å²) in [6, 6.07) is 6.59. The number of nitrogens with zero attached hydrogens (tertiary/aromatic N) is 3. The number of halogens is 1. The highest BCUT2D eigenvalue weighted by atomic mass is 35.5. The Morgan fingerprint density at radius 1 is 1.41 bits per heavy atom. The van der Waals surface area contributed by atoms with E-state index in [0.717, 1.165) is 38.0 Å². The van der Waals surface area contributed by atoms with Crippen LogP contribution in [0.2, 0.25) is 0 Å². The minimum atomic E-state index is 0. The van der Waals surface area contributed by atoms with E-state index in [9.17, 15) is 4.79 Å². The second-order valence-corrected chi connectivity index (χ2v) is 7.22. The van der Waals surface area contributed by atoms with Crippen LogP contribution in [0.4, 0.5) is 0 Å². The summed E-state index contributed by atoms with van der Waals surface area (Å²) >= 11 is 0. The van der Waals surface area contributed by atoms with Gasteiger partial charge in [0.2, 0.25) is 5.91 Å². The van der Waals surface area contributed by atoms with Crippen LogP contribution in [-0.2, 0) is 18.4 Å². The molecule has 2 heterocycles. The number of carbonyl (C=O) groups is 1. The van der Waals surface area contributed by atoms with Gasteiger partial charge in [-0.3, -0.25) is 14.4 Å². The molecule has 1 unspecified atom stereocenters. The van der Waals surface area contributed by atoms with Gasteiger partial charge >= 0.3 is 0 Å². The topological polar surface area (TPSA) is 76.2 Å². The van der Waals surface area contributed by atoms with Crippen molar-refractivity contribution in [1.82, 2.24) is 20.0 Å². The Morgan fingerprint density at radius 3 is 2.93 bits per heavy atom. The molecule has 0 spiro atoms. The number of hydrogen-bond acceptors (Lipinski definition) is 4. The van der Waals surface area contributed by atoms with Crippen LogP contribution in [0, 0.1) is 12.8 Å². The Morgan fingerprint density at radius 2 is 2.22 bits per heavy atom. The first kappa shape index (κ1) is 21.4. The van der Waals surface area contributed by atoms with Crippen LogP contribution in [0.25, 0.3) is 11.1 Å². The number of nitrogens with one attached hydrogen (secondary N) is 1. The van der Waals surface area contributed by atoms with E-state index in [4.69, 9.17) is 5.73 Å². The first-order chi connectivity index (χ1) is 12.6. The number of carbonyl (C=O) groups excluding carboxylic acids is 1. The van der Waals surface area contributed by atoms with Crippen molar-refractivity contribution in [3.05, 3.63) is 41.7 Å². The highest BCUT2D eigenvalue weighted by Crippen LogP contribution is 2.27. The number of nitrogens with two attached hydrogens (primary N) is 1. The van der Waals surface area contributed by atoms with Gasteiger partial charge in [-0.25, -0.2) is 0 Å². The number of hydrogen-bond donors (Lipinski definition) is 2. The van der Waals surface area contributed by atoms with Crippen molar-refractivity contribution in [3.63, 3.8) is 0 Å². The molecule has 3 N–H and O–H groups in total. The molecule has 1 atom stereocenters. The number of amides is 1. The fraction of sp³-hybridized carbons (Fsp3) is 0.500. The van der Waals surface area contributed by atoms with Gasteiger partial charge in [-0.15, -0.1) is 12.4 Å². The largest absolute Gasteiger partial charge is 0.355 e. The van der Waals surface area contributed by atoms with Crippen molar-refractivity contribution < 1.29 is 4.79 Å². The van der Waals surface area contributed by atoms with Gasteiger partial charge in [0.05, 0.1) is 12.1 Å². The third-order valence-electron chi connectivity index (χ3n) is 5.00. The fourth-order valence-corrected chi connectivity index (χ4v) is 3.65. The summed E-state index contributed by atoms with van der Waals surface area (Å²) in [5.41, 5.74) is 10.4.